The lowest BCUT2D eigenvalue weighted by molar-refractivity contribution is -0.128. The molecular formula is C19H24N4O3S2. The highest BCUT2D eigenvalue weighted by Gasteiger charge is 2.32. The van der Waals surface area contributed by atoms with E-state index in [1.165, 1.54) is 11.8 Å². The molecule has 0 bridgehead atoms. The van der Waals surface area contributed by atoms with Gasteiger partial charge in [-0.2, -0.15) is 0 Å². The van der Waals surface area contributed by atoms with Crippen molar-refractivity contribution >= 4 is 27.5 Å². The third kappa shape index (κ3) is 4.64. The van der Waals surface area contributed by atoms with Crippen molar-refractivity contribution < 1.29 is 13.2 Å². The second-order valence-corrected chi connectivity index (χ2v) is 10.1. The highest BCUT2D eigenvalue weighted by Crippen LogP contribution is 2.25. The molecule has 1 aliphatic rings. The molecule has 1 aromatic carbocycles. The summed E-state index contributed by atoms with van der Waals surface area (Å²) in [5.41, 5.74) is 2.09. The molecule has 1 fully saturated rings. The lowest BCUT2D eigenvalue weighted by atomic mass is 10.1. The zero-order valence-electron chi connectivity index (χ0n) is 16.0. The second-order valence-electron chi connectivity index (χ2n) is 6.93. The summed E-state index contributed by atoms with van der Waals surface area (Å²) in [6.45, 7) is 6.35. The molecule has 0 saturated carbocycles. The van der Waals surface area contributed by atoms with Gasteiger partial charge in [0.2, 0.25) is 5.91 Å². The maximum absolute atomic E-state index is 12.5. The van der Waals surface area contributed by atoms with E-state index in [0.717, 1.165) is 17.0 Å². The molecule has 0 spiro atoms. The van der Waals surface area contributed by atoms with Crippen LogP contribution in [-0.2, 0) is 21.2 Å². The normalized spacial score (nSPS) is 18.1. The Morgan fingerprint density at radius 3 is 2.86 bits per heavy atom. The number of benzene rings is 1. The fourth-order valence-electron chi connectivity index (χ4n) is 3.20. The summed E-state index contributed by atoms with van der Waals surface area (Å²) in [4.78, 5) is 14.1. The van der Waals surface area contributed by atoms with Crippen molar-refractivity contribution in [2.24, 2.45) is 0 Å². The summed E-state index contributed by atoms with van der Waals surface area (Å²) in [7, 11) is -1.36. The molecule has 0 N–H and O–H groups in total. The van der Waals surface area contributed by atoms with Gasteiger partial charge in [-0.25, -0.2) is 8.42 Å². The van der Waals surface area contributed by atoms with Crippen LogP contribution in [0.1, 0.15) is 12.0 Å². The highest BCUT2D eigenvalue weighted by atomic mass is 32.2. The molecule has 2 aromatic rings. The van der Waals surface area contributed by atoms with E-state index in [1.807, 2.05) is 35.8 Å². The molecule has 3 rings (SSSR count). The van der Waals surface area contributed by atoms with Crippen LogP contribution < -0.4 is 0 Å². The van der Waals surface area contributed by atoms with Crippen molar-refractivity contribution in [2.45, 2.75) is 31.1 Å². The Morgan fingerprint density at radius 2 is 2.21 bits per heavy atom. The molecule has 0 unspecified atom stereocenters. The van der Waals surface area contributed by atoms with Gasteiger partial charge in [-0.3, -0.25) is 9.36 Å². The molecule has 1 saturated heterocycles. The van der Waals surface area contributed by atoms with E-state index in [9.17, 15) is 13.2 Å². The Kier molecular flexibility index (Phi) is 6.24. The topological polar surface area (TPSA) is 85.2 Å². The first kappa shape index (κ1) is 20.6. The fraction of sp³-hybridized carbons (Fsp3) is 0.421. The highest BCUT2D eigenvalue weighted by molar-refractivity contribution is 7.99. The number of carbonyl (C=O) groups is 1. The number of aryl methyl sites for hydroxylation is 1. The first-order chi connectivity index (χ1) is 13.3. The van der Waals surface area contributed by atoms with Crippen molar-refractivity contribution in [2.75, 3.05) is 24.3 Å². The summed E-state index contributed by atoms with van der Waals surface area (Å²) in [5.74, 6) is 0.988. The molecule has 7 nitrogen and oxygen atoms in total. The zero-order chi connectivity index (χ0) is 20.3. The summed E-state index contributed by atoms with van der Waals surface area (Å²) < 4.78 is 25.2. The van der Waals surface area contributed by atoms with Crippen LogP contribution in [0.25, 0.3) is 11.4 Å². The summed E-state index contributed by atoms with van der Waals surface area (Å²) >= 11 is 1.30. The summed E-state index contributed by atoms with van der Waals surface area (Å²) in [6, 6.07) is 7.76. The van der Waals surface area contributed by atoms with Gasteiger partial charge in [0.15, 0.2) is 20.8 Å². The van der Waals surface area contributed by atoms with Gasteiger partial charge < -0.3 is 4.90 Å². The monoisotopic (exact) mass is 420 g/mol. The van der Waals surface area contributed by atoms with Crippen molar-refractivity contribution in [1.82, 2.24) is 19.7 Å². The number of aromatic nitrogens is 3. The van der Waals surface area contributed by atoms with Crippen LogP contribution in [-0.4, -0.2) is 64.3 Å². The molecule has 9 heteroatoms. The first-order valence-corrected chi connectivity index (χ1v) is 11.8. The van der Waals surface area contributed by atoms with Gasteiger partial charge in [0.05, 0.1) is 17.3 Å². The van der Waals surface area contributed by atoms with E-state index in [1.54, 1.807) is 18.0 Å². The number of allylic oxidation sites excluding steroid dienone is 1. The predicted molar refractivity (Wildman–Crippen MR) is 111 cm³/mol. The molecular weight excluding hydrogens is 396 g/mol. The van der Waals surface area contributed by atoms with E-state index in [0.29, 0.717) is 18.1 Å². The quantitative estimate of drug-likeness (QED) is 0.504. The molecule has 28 heavy (non-hydrogen) atoms. The van der Waals surface area contributed by atoms with E-state index < -0.39 is 9.84 Å². The lowest BCUT2D eigenvalue weighted by Crippen LogP contribution is -2.38. The van der Waals surface area contributed by atoms with Gasteiger partial charge in [-0.15, -0.1) is 16.8 Å². The zero-order valence-corrected chi connectivity index (χ0v) is 17.7. The molecule has 1 aliphatic heterocycles. The van der Waals surface area contributed by atoms with Crippen LogP contribution >= 0.6 is 11.8 Å². The Bertz CT molecular complexity index is 985. The number of thioether (sulfide) groups is 1. The molecule has 2 heterocycles. The summed E-state index contributed by atoms with van der Waals surface area (Å²) in [6.07, 6.45) is 2.27. The van der Waals surface area contributed by atoms with Gasteiger partial charge in [-0.05, 0) is 19.4 Å². The molecule has 0 radical (unpaired) electrons. The number of amides is 1. The predicted octanol–water partition coefficient (Wildman–Crippen LogP) is 2.18. The van der Waals surface area contributed by atoms with Crippen molar-refractivity contribution in [3.63, 3.8) is 0 Å². The van der Waals surface area contributed by atoms with Crippen molar-refractivity contribution in [1.29, 1.82) is 0 Å². The van der Waals surface area contributed by atoms with Crippen LogP contribution in [0.4, 0.5) is 0 Å². The Hall–Kier alpha value is -2.13. The Labute approximate surface area is 169 Å². The second kappa shape index (κ2) is 8.48. The molecule has 0 aliphatic carbocycles. The van der Waals surface area contributed by atoms with Gasteiger partial charge in [0.25, 0.3) is 0 Å². The third-order valence-corrected chi connectivity index (χ3v) is 7.48. The maximum Gasteiger partial charge on any atom is 0.233 e. The standard InChI is InChI=1S/C19H24N4O3S2/c1-4-9-23-18(15-7-5-6-14(2)11-15)20-21-19(23)27-12-17(24)22(3)16-8-10-28(25,26)13-16/h4-7,11,16H,1,8-10,12-13H2,2-3H3/t16-/m1/s1. The number of nitrogens with zero attached hydrogens (tertiary/aromatic N) is 4. The van der Waals surface area contributed by atoms with E-state index in [4.69, 9.17) is 0 Å². The average molecular weight is 421 g/mol. The van der Waals surface area contributed by atoms with Crippen LogP contribution in [0.2, 0.25) is 0 Å². The number of hydrogen-bond acceptors (Lipinski definition) is 6. The van der Waals surface area contributed by atoms with Gasteiger partial charge in [-0.1, -0.05) is 41.6 Å². The van der Waals surface area contributed by atoms with Gasteiger partial charge in [0.1, 0.15) is 0 Å². The largest absolute Gasteiger partial charge is 0.341 e. The van der Waals surface area contributed by atoms with E-state index in [-0.39, 0.29) is 29.2 Å². The van der Waals surface area contributed by atoms with E-state index >= 15 is 0 Å². The molecule has 1 aromatic heterocycles. The number of hydrogen-bond donors (Lipinski definition) is 0. The first-order valence-electron chi connectivity index (χ1n) is 9.01. The lowest BCUT2D eigenvalue weighted by Gasteiger charge is -2.23. The number of rotatable bonds is 7. The number of carbonyl (C=O) groups excluding carboxylic acids is 1. The average Bonchev–Trinajstić information content (AvgIpc) is 3.22. The van der Waals surface area contributed by atoms with Crippen LogP contribution in [0.3, 0.4) is 0 Å². The van der Waals surface area contributed by atoms with Crippen LogP contribution in [0, 0.1) is 6.92 Å². The van der Waals surface area contributed by atoms with Crippen LogP contribution in [0.15, 0.2) is 42.1 Å². The minimum Gasteiger partial charge on any atom is -0.341 e. The summed E-state index contributed by atoms with van der Waals surface area (Å²) in [5, 5.41) is 9.20. The van der Waals surface area contributed by atoms with E-state index in [2.05, 4.69) is 16.8 Å². The molecule has 1 atom stereocenters. The Balaban J connectivity index is 1.72. The minimum atomic E-state index is -3.02. The number of sulfone groups is 1. The van der Waals surface area contributed by atoms with Gasteiger partial charge in [0, 0.05) is 25.2 Å². The minimum absolute atomic E-state index is 0.0457. The van der Waals surface area contributed by atoms with Crippen LogP contribution in [0.5, 0.6) is 0 Å². The maximum atomic E-state index is 12.5. The third-order valence-electron chi connectivity index (χ3n) is 4.78. The molecule has 1 amide bonds. The van der Waals surface area contributed by atoms with Gasteiger partial charge >= 0.3 is 0 Å². The fourth-order valence-corrected chi connectivity index (χ4v) is 5.85. The SMILES string of the molecule is C=CCn1c(SCC(=O)N(C)[C@@H]2CCS(=O)(=O)C2)nnc1-c1cccc(C)c1. The molecule has 150 valence electrons. The smallest absolute Gasteiger partial charge is 0.233 e. The van der Waals surface area contributed by atoms with Crippen molar-refractivity contribution in [3.8, 4) is 11.4 Å². The Morgan fingerprint density at radius 1 is 1.43 bits per heavy atom. The van der Waals surface area contributed by atoms with Crippen molar-refractivity contribution in [3.05, 3.63) is 42.5 Å².